The van der Waals surface area contributed by atoms with Crippen molar-refractivity contribution in [3.63, 3.8) is 0 Å². The number of aromatic nitrogens is 4. The maximum absolute atomic E-state index is 13.0. The van der Waals surface area contributed by atoms with Crippen LogP contribution in [0.4, 0.5) is 5.82 Å². The number of anilines is 1. The van der Waals surface area contributed by atoms with Crippen molar-refractivity contribution in [2.75, 3.05) is 11.4 Å². The summed E-state index contributed by atoms with van der Waals surface area (Å²) in [6.45, 7) is 2.59. The second-order valence-electron chi connectivity index (χ2n) is 6.19. The average molecular weight is 313 g/mol. The molecule has 0 radical (unpaired) electrons. The molecule has 1 aliphatic carbocycles. The quantitative estimate of drug-likeness (QED) is 0.851. The van der Waals surface area contributed by atoms with Crippen LogP contribution in [-0.2, 0) is 4.79 Å². The third-order valence-corrected chi connectivity index (χ3v) is 4.55. The number of hydrogen-bond acceptors (Lipinski definition) is 4. The highest BCUT2D eigenvalue weighted by Gasteiger charge is 2.27. The molecule has 2 aromatic rings. The zero-order valence-corrected chi connectivity index (χ0v) is 13.5. The van der Waals surface area contributed by atoms with Gasteiger partial charge in [0.1, 0.15) is 24.5 Å². The second kappa shape index (κ2) is 7.35. The Morgan fingerprint density at radius 3 is 2.83 bits per heavy atom. The van der Waals surface area contributed by atoms with Crippen LogP contribution in [0.5, 0.6) is 0 Å². The Morgan fingerprint density at radius 1 is 1.35 bits per heavy atom. The van der Waals surface area contributed by atoms with Crippen LogP contribution in [-0.4, -0.2) is 32.2 Å². The molecule has 122 valence electrons. The summed E-state index contributed by atoms with van der Waals surface area (Å²) >= 11 is 0. The summed E-state index contributed by atoms with van der Waals surface area (Å²) < 4.78 is 1.60. The normalized spacial score (nSPS) is 16.9. The minimum atomic E-state index is -0.386. The SMILES string of the molecule is C[C@H](C(=O)N(CC1CCCCC1)c1ccccn1)n1cncn1. The van der Waals surface area contributed by atoms with E-state index in [0.29, 0.717) is 5.92 Å². The molecule has 0 spiro atoms. The summed E-state index contributed by atoms with van der Waals surface area (Å²) in [5.41, 5.74) is 0. The Bertz CT molecular complexity index is 607. The molecule has 0 aliphatic heterocycles. The first-order chi connectivity index (χ1) is 11.3. The molecular weight excluding hydrogens is 290 g/mol. The Kier molecular flexibility index (Phi) is 5.00. The van der Waals surface area contributed by atoms with Crippen LogP contribution in [0.3, 0.4) is 0 Å². The van der Waals surface area contributed by atoms with E-state index < -0.39 is 0 Å². The third-order valence-electron chi connectivity index (χ3n) is 4.55. The predicted octanol–water partition coefficient (Wildman–Crippen LogP) is 2.85. The van der Waals surface area contributed by atoms with Crippen LogP contribution in [0, 0.1) is 5.92 Å². The fraction of sp³-hybridized carbons (Fsp3) is 0.529. The van der Waals surface area contributed by atoms with E-state index in [4.69, 9.17) is 0 Å². The van der Waals surface area contributed by atoms with E-state index in [1.54, 1.807) is 17.2 Å². The van der Waals surface area contributed by atoms with Crippen LogP contribution in [0.15, 0.2) is 37.1 Å². The van der Waals surface area contributed by atoms with Crippen LogP contribution in [0.25, 0.3) is 0 Å². The van der Waals surface area contributed by atoms with E-state index in [1.165, 1.54) is 38.4 Å². The van der Waals surface area contributed by atoms with E-state index in [2.05, 4.69) is 15.1 Å². The van der Waals surface area contributed by atoms with Crippen molar-refractivity contribution < 1.29 is 4.79 Å². The molecule has 0 aromatic carbocycles. The minimum absolute atomic E-state index is 0.0137. The topological polar surface area (TPSA) is 63.9 Å². The molecule has 1 saturated carbocycles. The molecule has 1 fully saturated rings. The zero-order chi connectivity index (χ0) is 16.1. The maximum Gasteiger partial charge on any atom is 0.252 e. The van der Waals surface area contributed by atoms with Gasteiger partial charge in [0.15, 0.2) is 0 Å². The second-order valence-corrected chi connectivity index (χ2v) is 6.19. The zero-order valence-electron chi connectivity index (χ0n) is 13.5. The van der Waals surface area contributed by atoms with E-state index in [0.717, 1.165) is 12.4 Å². The summed E-state index contributed by atoms with van der Waals surface area (Å²) in [6.07, 6.45) is 11.0. The molecule has 2 aromatic heterocycles. The Balaban J connectivity index is 1.80. The first-order valence-corrected chi connectivity index (χ1v) is 8.32. The molecule has 1 amide bonds. The highest BCUT2D eigenvalue weighted by atomic mass is 16.2. The summed E-state index contributed by atoms with van der Waals surface area (Å²) in [5.74, 6) is 1.28. The fourth-order valence-electron chi connectivity index (χ4n) is 3.19. The van der Waals surface area contributed by atoms with Crippen molar-refractivity contribution in [2.24, 2.45) is 5.92 Å². The predicted molar refractivity (Wildman–Crippen MR) is 87.9 cm³/mol. The molecule has 0 N–H and O–H groups in total. The standard InChI is InChI=1S/C17H23N5O/c1-14(22-13-18-12-20-22)17(23)21(16-9-5-6-10-19-16)11-15-7-3-2-4-8-15/h5-6,9-10,12-15H,2-4,7-8,11H2,1H3/t14-/m1/s1. The van der Waals surface area contributed by atoms with E-state index in [1.807, 2.05) is 30.0 Å². The Morgan fingerprint density at radius 2 is 2.17 bits per heavy atom. The van der Waals surface area contributed by atoms with Gasteiger partial charge < -0.3 is 0 Å². The van der Waals surface area contributed by atoms with Crippen molar-refractivity contribution in [2.45, 2.75) is 45.1 Å². The van der Waals surface area contributed by atoms with E-state index in [9.17, 15) is 4.79 Å². The number of amides is 1. The van der Waals surface area contributed by atoms with Gasteiger partial charge in [-0.1, -0.05) is 25.3 Å². The molecule has 3 rings (SSSR count). The Hall–Kier alpha value is -2.24. The van der Waals surface area contributed by atoms with Gasteiger partial charge in [-0.05, 0) is 37.8 Å². The summed E-state index contributed by atoms with van der Waals surface area (Å²) in [6, 6.07) is 5.30. The fourth-order valence-corrected chi connectivity index (χ4v) is 3.19. The van der Waals surface area contributed by atoms with Gasteiger partial charge in [-0.25, -0.2) is 14.6 Å². The Labute approximate surface area is 136 Å². The first-order valence-electron chi connectivity index (χ1n) is 8.32. The highest BCUT2D eigenvalue weighted by molar-refractivity contribution is 5.95. The summed E-state index contributed by atoms with van der Waals surface area (Å²) in [7, 11) is 0. The summed E-state index contributed by atoms with van der Waals surface area (Å²) in [4.78, 5) is 23.2. The van der Waals surface area contributed by atoms with E-state index in [-0.39, 0.29) is 11.9 Å². The lowest BCUT2D eigenvalue weighted by Gasteiger charge is -2.30. The van der Waals surface area contributed by atoms with Gasteiger partial charge in [0, 0.05) is 12.7 Å². The number of hydrogen-bond donors (Lipinski definition) is 0. The van der Waals surface area contributed by atoms with Gasteiger partial charge in [-0.2, -0.15) is 5.10 Å². The molecule has 23 heavy (non-hydrogen) atoms. The van der Waals surface area contributed by atoms with Gasteiger partial charge in [0.05, 0.1) is 0 Å². The van der Waals surface area contributed by atoms with Crippen LogP contribution < -0.4 is 4.90 Å². The minimum Gasteiger partial charge on any atom is -0.295 e. The molecule has 0 bridgehead atoms. The van der Waals surface area contributed by atoms with Crippen molar-refractivity contribution in [3.8, 4) is 0 Å². The molecule has 6 nitrogen and oxygen atoms in total. The number of carbonyl (C=O) groups is 1. The number of pyridine rings is 1. The largest absolute Gasteiger partial charge is 0.295 e. The number of rotatable bonds is 5. The van der Waals surface area contributed by atoms with Crippen molar-refractivity contribution >= 4 is 11.7 Å². The lowest BCUT2D eigenvalue weighted by atomic mass is 9.89. The molecule has 0 saturated heterocycles. The van der Waals surface area contributed by atoms with Crippen LogP contribution >= 0.6 is 0 Å². The van der Waals surface area contributed by atoms with Gasteiger partial charge in [0.2, 0.25) is 0 Å². The van der Waals surface area contributed by atoms with Crippen LogP contribution in [0.2, 0.25) is 0 Å². The van der Waals surface area contributed by atoms with Gasteiger partial charge >= 0.3 is 0 Å². The van der Waals surface area contributed by atoms with Gasteiger partial charge in [0.25, 0.3) is 5.91 Å². The lowest BCUT2D eigenvalue weighted by molar-refractivity contribution is -0.121. The maximum atomic E-state index is 13.0. The van der Waals surface area contributed by atoms with E-state index >= 15 is 0 Å². The number of carbonyl (C=O) groups excluding carboxylic acids is 1. The first kappa shape index (κ1) is 15.6. The van der Waals surface area contributed by atoms with Crippen molar-refractivity contribution in [3.05, 3.63) is 37.1 Å². The highest BCUT2D eigenvalue weighted by Crippen LogP contribution is 2.27. The third kappa shape index (κ3) is 3.75. The summed E-state index contributed by atoms with van der Waals surface area (Å²) in [5, 5.41) is 4.10. The molecule has 1 aliphatic rings. The van der Waals surface area contributed by atoms with Crippen LogP contribution in [0.1, 0.15) is 45.1 Å². The number of nitrogens with zero attached hydrogens (tertiary/aromatic N) is 5. The molecule has 0 unspecified atom stereocenters. The monoisotopic (exact) mass is 313 g/mol. The lowest BCUT2D eigenvalue weighted by Crippen LogP contribution is -2.40. The molecule has 2 heterocycles. The average Bonchev–Trinajstić information content (AvgIpc) is 3.15. The molecular formula is C17H23N5O. The van der Waals surface area contributed by atoms with Gasteiger partial charge in [-0.15, -0.1) is 0 Å². The van der Waals surface area contributed by atoms with Gasteiger partial charge in [-0.3, -0.25) is 9.69 Å². The van der Waals surface area contributed by atoms with Crippen molar-refractivity contribution in [1.82, 2.24) is 19.7 Å². The molecule has 1 atom stereocenters. The van der Waals surface area contributed by atoms with Crippen molar-refractivity contribution in [1.29, 1.82) is 0 Å². The molecule has 6 heteroatoms. The smallest absolute Gasteiger partial charge is 0.252 e.